The zero-order valence-corrected chi connectivity index (χ0v) is 15.5. The number of nitrogens with zero attached hydrogens (tertiary/aromatic N) is 1. The van der Waals surface area contributed by atoms with Crippen molar-refractivity contribution in [3.05, 3.63) is 58.6 Å². The lowest BCUT2D eigenvalue weighted by Gasteiger charge is -2.14. The molecule has 1 aliphatic rings. The maximum Gasteiger partial charge on any atom is 0.269 e. The van der Waals surface area contributed by atoms with Crippen LogP contribution < -0.4 is 5.32 Å². The Balaban J connectivity index is 1.61. The molecule has 0 atom stereocenters. The van der Waals surface area contributed by atoms with E-state index in [9.17, 15) is 18.0 Å². The third-order valence-electron chi connectivity index (χ3n) is 3.83. The summed E-state index contributed by atoms with van der Waals surface area (Å²) < 4.78 is 26.4. The summed E-state index contributed by atoms with van der Waals surface area (Å²) in [4.78, 5) is 24.3. The van der Waals surface area contributed by atoms with Crippen molar-refractivity contribution in [2.75, 3.05) is 11.9 Å². The molecule has 0 aromatic heterocycles. The maximum atomic E-state index is 12.4. The summed E-state index contributed by atoms with van der Waals surface area (Å²) in [5.74, 6) is -0.782. The van der Waals surface area contributed by atoms with Crippen molar-refractivity contribution in [1.29, 1.82) is 0 Å². The van der Waals surface area contributed by atoms with Crippen molar-refractivity contribution in [2.45, 2.75) is 17.7 Å². The molecule has 2 amide bonds. The number of hydrogen-bond acceptors (Lipinski definition) is 4. The van der Waals surface area contributed by atoms with Gasteiger partial charge in [-0.3, -0.25) is 9.59 Å². The van der Waals surface area contributed by atoms with Crippen LogP contribution in [0.15, 0.2) is 57.9 Å². The van der Waals surface area contributed by atoms with E-state index < -0.39 is 15.9 Å². The molecule has 0 saturated heterocycles. The predicted octanol–water partition coefficient (Wildman–Crippen LogP) is 3.01. The van der Waals surface area contributed by atoms with E-state index in [1.165, 1.54) is 12.1 Å². The molecule has 0 radical (unpaired) electrons. The van der Waals surface area contributed by atoms with Gasteiger partial charge in [0, 0.05) is 17.4 Å². The zero-order chi connectivity index (χ0) is 18.0. The monoisotopic (exact) mass is 422 g/mol. The quantitative estimate of drug-likeness (QED) is 0.802. The molecule has 130 valence electrons. The average molecular weight is 423 g/mol. The second-order valence-corrected chi connectivity index (χ2v) is 8.20. The molecule has 0 spiro atoms. The molecule has 1 N–H and O–H groups in total. The molecule has 3 rings (SSSR count). The van der Waals surface area contributed by atoms with Crippen LogP contribution in [0, 0.1) is 0 Å². The SMILES string of the molecule is O=C(CCCN1C(=O)c2ccccc2S1(=O)=O)Nc1ccccc1Br. The highest BCUT2D eigenvalue weighted by Gasteiger charge is 2.40. The fourth-order valence-corrected chi connectivity index (χ4v) is 4.60. The molecule has 0 saturated carbocycles. The molecule has 0 fully saturated rings. The first-order valence-electron chi connectivity index (χ1n) is 7.62. The lowest BCUT2D eigenvalue weighted by atomic mass is 10.2. The van der Waals surface area contributed by atoms with Gasteiger partial charge in [-0.05, 0) is 46.6 Å². The van der Waals surface area contributed by atoms with E-state index in [4.69, 9.17) is 0 Å². The van der Waals surface area contributed by atoms with Crippen LogP contribution in [0.1, 0.15) is 23.2 Å². The van der Waals surface area contributed by atoms with Crippen LogP contribution in [0.4, 0.5) is 5.69 Å². The number of anilines is 1. The lowest BCUT2D eigenvalue weighted by Crippen LogP contribution is -2.31. The summed E-state index contributed by atoms with van der Waals surface area (Å²) in [5.41, 5.74) is 0.824. The van der Waals surface area contributed by atoms with Crippen molar-refractivity contribution in [2.24, 2.45) is 0 Å². The topological polar surface area (TPSA) is 83.6 Å². The normalized spacial score (nSPS) is 15.1. The maximum absolute atomic E-state index is 12.4. The van der Waals surface area contributed by atoms with Gasteiger partial charge in [0.2, 0.25) is 5.91 Å². The van der Waals surface area contributed by atoms with Crippen LogP contribution in [0.25, 0.3) is 0 Å². The van der Waals surface area contributed by atoms with Gasteiger partial charge in [0.05, 0.1) is 11.3 Å². The number of carbonyl (C=O) groups is 2. The molecule has 6 nitrogen and oxygen atoms in total. The molecule has 0 bridgehead atoms. The molecule has 1 heterocycles. The summed E-state index contributed by atoms with van der Waals surface area (Å²) in [6.45, 7) is -0.0285. The van der Waals surface area contributed by atoms with E-state index in [-0.39, 0.29) is 35.8 Å². The number of hydrogen-bond donors (Lipinski definition) is 1. The summed E-state index contributed by atoms with van der Waals surface area (Å²) in [5, 5.41) is 2.75. The Hall–Kier alpha value is -2.19. The fraction of sp³-hybridized carbons (Fsp3) is 0.176. The Morgan fingerprint density at radius 2 is 1.76 bits per heavy atom. The van der Waals surface area contributed by atoms with Crippen LogP contribution in [-0.4, -0.2) is 31.1 Å². The summed E-state index contributed by atoms with van der Waals surface area (Å²) >= 11 is 3.34. The molecule has 0 unspecified atom stereocenters. The van der Waals surface area contributed by atoms with Gasteiger partial charge in [-0.15, -0.1) is 0 Å². The van der Waals surface area contributed by atoms with Crippen molar-refractivity contribution >= 4 is 43.5 Å². The third kappa shape index (κ3) is 3.45. The van der Waals surface area contributed by atoms with E-state index in [0.717, 1.165) is 8.78 Å². The van der Waals surface area contributed by atoms with E-state index in [1.807, 2.05) is 12.1 Å². The number of para-hydroxylation sites is 1. The number of nitrogens with one attached hydrogen (secondary N) is 1. The molecule has 2 aromatic carbocycles. The van der Waals surface area contributed by atoms with Gasteiger partial charge in [0.1, 0.15) is 4.90 Å². The number of carbonyl (C=O) groups excluding carboxylic acids is 2. The van der Waals surface area contributed by atoms with Crippen molar-refractivity contribution in [1.82, 2.24) is 4.31 Å². The molecule has 0 aliphatic carbocycles. The van der Waals surface area contributed by atoms with Gasteiger partial charge in [-0.1, -0.05) is 24.3 Å². The van der Waals surface area contributed by atoms with Crippen LogP contribution in [-0.2, 0) is 14.8 Å². The summed E-state index contributed by atoms with van der Waals surface area (Å²) in [6, 6.07) is 13.3. The standard InChI is InChI=1S/C17H15BrN2O4S/c18-13-7-2-3-8-14(13)19-16(21)10-5-11-20-17(22)12-6-1-4-9-15(12)25(20,23)24/h1-4,6-9H,5,10-11H2,(H,19,21). The van der Waals surface area contributed by atoms with Gasteiger partial charge in [-0.2, -0.15) is 0 Å². The first-order valence-corrected chi connectivity index (χ1v) is 9.85. The molecular weight excluding hydrogens is 408 g/mol. The lowest BCUT2D eigenvalue weighted by molar-refractivity contribution is -0.116. The Kier molecular flexibility index (Phi) is 4.91. The smallest absolute Gasteiger partial charge is 0.269 e. The predicted molar refractivity (Wildman–Crippen MR) is 96.7 cm³/mol. The first-order chi connectivity index (χ1) is 11.9. The number of fused-ring (bicyclic) bond motifs is 1. The molecular formula is C17H15BrN2O4S. The Bertz CT molecular complexity index is 943. The highest BCUT2D eigenvalue weighted by Crippen LogP contribution is 2.30. The van der Waals surface area contributed by atoms with Crippen LogP contribution >= 0.6 is 15.9 Å². The van der Waals surface area contributed by atoms with Crippen LogP contribution in [0.5, 0.6) is 0 Å². The van der Waals surface area contributed by atoms with Crippen LogP contribution in [0.2, 0.25) is 0 Å². The van der Waals surface area contributed by atoms with E-state index >= 15 is 0 Å². The Morgan fingerprint density at radius 1 is 1.08 bits per heavy atom. The molecule has 25 heavy (non-hydrogen) atoms. The summed E-state index contributed by atoms with van der Waals surface area (Å²) in [7, 11) is -3.81. The number of sulfonamides is 1. The van der Waals surface area contributed by atoms with Gasteiger partial charge in [-0.25, -0.2) is 12.7 Å². The van der Waals surface area contributed by atoms with E-state index in [0.29, 0.717) is 5.69 Å². The van der Waals surface area contributed by atoms with Gasteiger partial charge >= 0.3 is 0 Å². The molecule has 8 heteroatoms. The highest BCUT2D eigenvalue weighted by molar-refractivity contribution is 9.10. The first kappa shape index (κ1) is 17.6. The number of benzene rings is 2. The minimum absolute atomic E-state index is 0.0256. The largest absolute Gasteiger partial charge is 0.325 e. The number of halogens is 1. The van der Waals surface area contributed by atoms with E-state index in [1.54, 1.807) is 24.3 Å². The number of rotatable bonds is 5. The zero-order valence-electron chi connectivity index (χ0n) is 13.1. The Labute approximate surface area is 154 Å². The van der Waals surface area contributed by atoms with Crippen LogP contribution in [0.3, 0.4) is 0 Å². The second kappa shape index (κ2) is 6.97. The van der Waals surface area contributed by atoms with Crippen molar-refractivity contribution in [3.8, 4) is 0 Å². The highest BCUT2D eigenvalue weighted by atomic mass is 79.9. The third-order valence-corrected chi connectivity index (χ3v) is 6.36. The summed E-state index contributed by atoms with van der Waals surface area (Å²) in [6.07, 6.45) is 0.353. The van der Waals surface area contributed by atoms with Gasteiger partial charge < -0.3 is 5.32 Å². The van der Waals surface area contributed by atoms with Gasteiger partial charge in [0.15, 0.2) is 0 Å². The van der Waals surface area contributed by atoms with Crippen molar-refractivity contribution < 1.29 is 18.0 Å². The minimum atomic E-state index is -3.81. The van der Waals surface area contributed by atoms with Gasteiger partial charge in [0.25, 0.3) is 15.9 Å². The average Bonchev–Trinajstić information content (AvgIpc) is 2.78. The molecule has 1 aliphatic heterocycles. The number of amides is 2. The molecule has 2 aromatic rings. The second-order valence-electron chi connectivity index (χ2n) is 5.51. The fourth-order valence-electron chi connectivity index (χ4n) is 2.61. The van der Waals surface area contributed by atoms with Crippen molar-refractivity contribution in [3.63, 3.8) is 0 Å². The minimum Gasteiger partial charge on any atom is -0.325 e. The van der Waals surface area contributed by atoms with E-state index in [2.05, 4.69) is 21.2 Å². The Morgan fingerprint density at radius 3 is 2.48 bits per heavy atom.